The second-order valence-electron chi connectivity index (χ2n) is 7.22. The first kappa shape index (κ1) is 23.0. The summed E-state index contributed by atoms with van der Waals surface area (Å²) in [5, 5.41) is 0. The Balaban J connectivity index is 1.84. The molecule has 2 aromatic rings. The van der Waals surface area contributed by atoms with Crippen molar-refractivity contribution in [3.8, 4) is 11.5 Å². The van der Waals surface area contributed by atoms with E-state index in [-0.39, 0.29) is 22.8 Å². The molecule has 3 rings (SSSR count). The Morgan fingerprint density at radius 3 is 2.26 bits per heavy atom. The van der Waals surface area contributed by atoms with Crippen LogP contribution in [0.15, 0.2) is 41.3 Å². The average molecular weight is 452 g/mol. The van der Waals surface area contributed by atoms with Crippen molar-refractivity contribution >= 4 is 16.0 Å². The predicted octanol–water partition coefficient (Wildman–Crippen LogP) is 3.76. The van der Waals surface area contributed by atoms with Crippen LogP contribution in [0.3, 0.4) is 0 Å². The van der Waals surface area contributed by atoms with Crippen molar-refractivity contribution in [1.82, 2.24) is 4.31 Å². The molecular formula is C22H26FNO6S. The lowest BCUT2D eigenvalue weighted by atomic mass is 10.2. The molecule has 0 aromatic heterocycles. The zero-order valence-electron chi connectivity index (χ0n) is 17.6. The molecule has 168 valence electrons. The Morgan fingerprint density at radius 1 is 0.968 bits per heavy atom. The molecule has 0 unspecified atom stereocenters. The van der Waals surface area contributed by atoms with Crippen LogP contribution in [0, 0.1) is 5.82 Å². The van der Waals surface area contributed by atoms with Gasteiger partial charge in [0.25, 0.3) is 0 Å². The number of methoxy groups -OCH3 is 2. The number of carbonyl (C=O) groups is 1. The molecule has 2 aromatic carbocycles. The van der Waals surface area contributed by atoms with Crippen molar-refractivity contribution in [3.05, 3.63) is 53.3 Å². The van der Waals surface area contributed by atoms with E-state index >= 15 is 0 Å². The standard InChI is InChI=1S/C22H26FNO6S/c1-28-19-10-8-18(23)13-17(19)15-30-22(25)16-7-9-20(29-2)21(14-16)31(26,27)24-11-5-3-4-6-12-24/h7-10,13-14H,3-6,11-12,15H2,1-2H3. The summed E-state index contributed by atoms with van der Waals surface area (Å²) < 4.78 is 57.1. The third kappa shape index (κ3) is 5.34. The highest BCUT2D eigenvalue weighted by Gasteiger charge is 2.29. The van der Waals surface area contributed by atoms with Gasteiger partial charge >= 0.3 is 5.97 Å². The summed E-state index contributed by atoms with van der Waals surface area (Å²) in [5.74, 6) is -0.677. The smallest absolute Gasteiger partial charge is 0.338 e. The second kappa shape index (κ2) is 10.1. The van der Waals surface area contributed by atoms with Crippen LogP contribution < -0.4 is 9.47 Å². The number of halogens is 1. The van der Waals surface area contributed by atoms with Gasteiger partial charge in [0.2, 0.25) is 10.0 Å². The van der Waals surface area contributed by atoms with Crippen LogP contribution in [0.25, 0.3) is 0 Å². The van der Waals surface area contributed by atoms with E-state index in [9.17, 15) is 17.6 Å². The fourth-order valence-electron chi connectivity index (χ4n) is 3.51. The molecule has 7 nitrogen and oxygen atoms in total. The minimum absolute atomic E-state index is 0.0598. The third-order valence-corrected chi connectivity index (χ3v) is 7.10. The van der Waals surface area contributed by atoms with Gasteiger partial charge in [0.1, 0.15) is 28.8 Å². The number of ether oxygens (including phenoxy) is 3. The van der Waals surface area contributed by atoms with Crippen LogP contribution in [0.2, 0.25) is 0 Å². The largest absolute Gasteiger partial charge is 0.496 e. The first-order valence-corrected chi connectivity index (χ1v) is 11.5. The topological polar surface area (TPSA) is 82.1 Å². The average Bonchev–Trinajstić information content (AvgIpc) is 3.07. The zero-order valence-corrected chi connectivity index (χ0v) is 18.4. The number of nitrogens with zero attached hydrogens (tertiary/aromatic N) is 1. The SMILES string of the molecule is COc1ccc(F)cc1COC(=O)c1ccc(OC)c(S(=O)(=O)N2CCCCCC2)c1. The van der Waals surface area contributed by atoms with Crippen molar-refractivity contribution in [2.24, 2.45) is 0 Å². The molecule has 0 amide bonds. The summed E-state index contributed by atoms with van der Waals surface area (Å²) >= 11 is 0. The van der Waals surface area contributed by atoms with Crippen LogP contribution in [0.1, 0.15) is 41.6 Å². The van der Waals surface area contributed by atoms with E-state index in [1.165, 1.54) is 54.9 Å². The van der Waals surface area contributed by atoms with Gasteiger partial charge in [0, 0.05) is 18.7 Å². The molecular weight excluding hydrogens is 425 g/mol. The van der Waals surface area contributed by atoms with Crippen LogP contribution in [0.5, 0.6) is 11.5 Å². The molecule has 0 spiro atoms. The molecule has 1 saturated heterocycles. The van der Waals surface area contributed by atoms with Crippen LogP contribution in [-0.4, -0.2) is 46.0 Å². The third-order valence-electron chi connectivity index (χ3n) is 5.18. The summed E-state index contributed by atoms with van der Waals surface area (Å²) in [7, 11) is -1.02. The van der Waals surface area contributed by atoms with Gasteiger partial charge in [-0.2, -0.15) is 4.31 Å². The lowest BCUT2D eigenvalue weighted by Gasteiger charge is -2.21. The number of esters is 1. The molecule has 9 heteroatoms. The highest BCUT2D eigenvalue weighted by Crippen LogP contribution is 2.30. The lowest BCUT2D eigenvalue weighted by molar-refractivity contribution is 0.0469. The molecule has 0 aliphatic carbocycles. The molecule has 0 N–H and O–H groups in total. The van der Waals surface area contributed by atoms with Gasteiger partial charge in [-0.3, -0.25) is 0 Å². The fraction of sp³-hybridized carbons (Fsp3) is 0.409. The minimum Gasteiger partial charge on any atom is -0.496 e. The molecule has 1 aliphatic rings. The number of hydrogen-bond donors (Lipinski definition) is 0. The van der Waals surface area contributed by atoms with Crippen molar-refractivity contribution in [3.63, 3.8) is 0 Å². The Kier molecular flexibility index (Phi) is 7.50. The molecule has 0 radical (unpaired) electrons. The summed E-state index contributed by atoms with van der Waals surface area (Å²) in [6, 6.07) is 8.04. The Labute approximate surface area is 181 Å². The molecule has 1 fully saturated rings. The number of rotatable bonds is 7. The summed E-state index contributed by atoms with van der Waals surface area (Å²) in [5.41, 5.74) is 0.423. The minimum atomic E-state index is -3.84. The van der Waals surface area contributed by atoms with E-state index in [2.05, 4.69) is 0 Å². The molecule has 0 atom stereocenters. The van der Waals surface area contributed by atoms with E-state index in [0.29, 0.717) is 24.4 Å². The molecule has 1 heterocycles. The zero-order chi connectivity index (χ0) is 22.4. The molecule has 0 saturated carbocycles. The molecule has 0 bridgehead atoms. The van der Waals surface area contributed by atoms with E-state index in [0.717, 1.165) is 25.7 Å². The number of hydrogen-bond acceptors (Lipinski definition) is 6. The van der Waals surface area contributed by atoms with Crippen LogP contribution >= 0.6 is 0 Å². The van der Waals surface area contributed by atoms with Gasteiger partial charge in [0.15, 0.2) is 0 Å². The second-order valence-corrected chi connectivity index (χ2v) is 9.12. The molecule has 1 aliphatic heterocycles. The van der Waals surface area contributed by atoms with Crippen LogP contribution in [0.4, 0.5) is 4.39 Å². The summed E-state index contributed by atoms with van der Waals surface area (Å²) in [6.07, 6.45) is 3.55. The van der Waals surface area contributed by atoms with E-state index < -0.39 is 21.8 Å². The van der Waals surface area contributed by atoms with Gasteiger partial charge < -0.3 is 14.2 Å². The maximum absolute atomic E-state index is 13.5. The quantitative estimate of drug-likeness (QED) is 0.596. The number of sulfonamides is 1. The first-order valence-electron chi connectivity index (χ1n) is 10.0. The molecule has 31 heavy (non-hydrogen) atoms. The van der Waals surface area contributed by atoms with Crippen LogP contribution in [-0.2, 0) is 21.4 Å². The van der Waals surface area contributed by atoms with Gasteiger partial charge in [-0.1, -0.05) is 12.8 Å². The normalized spacial score (nSPS) is 15.2. The number of benzene rings is 2. The Bertz CT molecular complexity index is 1030. The Hall–Kier alpha value is -2.65. The van der Waals surface area contributed by atoms with Crippen molar-refractivity contribution < 1.29 is 31.8 Å². The summed E-state index contributed by atoms with van der Waals surface area (Å²) in [6.45, 7) is 0.638. The van der Waals surface area contributed by atoms with Gasteiger partial charge in [-0.25, -0.2) is 17.6 Å². The van der Waals surface area contributed by atoms with Gasteiger partial charge in [-0.15, -0.1) is 0 Å². The van der Waals surface area contributed by atoms with E-state index in [1.807, 2.05) is 0 Å². The highest BCUT2D eigenvalue weighted by molar-refractivity contribution is 7.89. The predicted molar refractivity (Wildman–Crippen MR) is 112 cm³/mol. The van der Waals surface area contributed by atoms with Crippen molar-refractivity contribution in [2.45, 2.75) is 37.2 Å². The van der Waals surface area contributed by atoms with Crippen molar-refractivity contribution in [2.75, 3.05) is 27.3 Å². The van der Waals surface area contributed by atoms with Gasteiger partial charge in [0.05, 0.1) is 19.8 Å². The van der Waals surface area contributed by atoms with Gasteiger partial charge in [-0.05, 0) is 49.2 Å². The fourth-order valence-corrected chi connectivity index (χ4v) is 5.21. The maximum atomic E-state index is 13.5. The lowest BCUT2D eigenvalue weighted by Crippen LogP contribution is -2.32. The number of carbonyl (C=O) groups excluding carboxylic acids is 1. The van der Waals surface area contributed by atoms with Crippen molar-refractivity contribution in [1.29, 1.82) is 0 Å². The maximum Gasteiger partial charge on any atom is 0.338 e. The van der Waals surface area contributed by atoms with E-state index in [1.54, 1.807) is 0 Å². The Morgan fingerprint density at radius 2 is 1.61 bits per heavy atom. The summed E-state index contributed by atoms with van der Waals surface area (Å²) in [4.78, 5) is 12.5. The highest BCUT2D eigenvalue weighted by atomic mass is 32.2. The monoisotopic (exact) mass is 451 g/mol. The first-order chi connectivity index (χ1) is 14.9. The van der Waals surface area contributed by atoms with E-state index in [4.69, 9.17) is 14.2 Å².